The Bertz CT molecular complexity index is 727. The minimum Gasteiger partial charge on any atom is -0.334 e. The number of amides is 1. The number of benzene rings is 1. The van der Waals surface area contributed by atoms with Gasteiger partial charge >= 0.3 is 0 Å². The third-order valence-electron chi connectivity index (χ3n) is 4.59. The fourth-order valence-electron chi connectivity index (χ4n) is 2.70. The third kappa shape index (κ3) is 3.81. The number of likely N-dealkylation sites (N-methyl/N-ethyl adjacent to an activating group) is 1. The molecule has 1 aliphatic rings. The smallest absolute Gasteiger partial charge is 0.247 e. The molecule has 1 aromatic carbocycles. The van der Waals surface area contributed by atoms with E-state index in [1.54, 1.807) is 30.2 Å². The zero-order valence-electron chi connectivity index (χ0n) is 15.2. The van der Waals surface area contributed by atoms with Gasteiger partial charge in [0.15, 0.2) is 0 Å². The van der Waals surface area contributed by atoms with Gasteiger partial charge in [0.2, 0.25) is 5.91 Å². The van der Waals surface area contributed by atoms with Gasteiger partial charge in [-0.15, -0.1) is 0 Å². The van der Waals surface area contributed by atoms with E-state index >= 15 is 0 Å². The number of allylic oxidation sites excluding steroid dienone is 1. The molecule has 0 fully saturated rings. The number of carbonyl (C=O) groups is 1. The highest BCUT2D eigenvalue weighted by molar-refractivity contribution is 6.12. The molecule has 1 amide bonds. The van der Waals surface area contributed by atoms with Crippen LogP contribution in [0.2, 0.25) is 0 Å². The molecule has 3 nitrogen and oxygen atoms in total. The van der Waals surface area contributed by atoms with E-state index < -0.39 is 5.54 Å². The van der Waals surface area contributed by atoms with Gasteiger partial charge in [0.05, 0.1) is 17.3 Å². The third-order valence-corrected chi connectivity index (χ3v) is 4.59. The Labute approximate surface area is 143 Å². The number of nitrogens with zero attached hydrogens (tertiary/aromatic N) is 2. The number of rotatable bonds is 1. The molecule has 2 rings (SSSR count). The predicted molar refractivity (Wildman–Crippen MR) is 96.8 cm³/mol. The summed E-state index contributed by atoms with van der Waals surface area (Å²) < 4.78 is 13.3. The van der Waals surface area contributed by atoms with E-state index in [1.807, 2.05) is 40.7 Å². The van der Waals surface area contributed by atoms with Crippen LogP contribution in [-0.4, -0.2) is 35.1 Å². The van der Waals surface area contributed by atoms with Crippen molar-refractivity contribution in [1.29, 1.82) is 0 Å². The van der Waals surface area contributed by atoms with Crippen molar-refractivity contribution < 1.29 is 9.18 Å². The second-order valence-corrected chi connectivity index (χ2v) is 6.93. The normalized spacial score (nSPS) is 24.0. The molecule has 1 aromatic rings. The maximum Gasteiger partial charge on any atom is 0.247 e. The molecule has 4 heteroatoms. The van der Waals surface area contributed by atoms with Crippen LogP contribution in [-0.2, 0) is 4.79 Å². The lowest BCUT2D eigenvalue weighted by atomic mass is 9.93. The van der Waals surface area contributed by atoms with Crippen LogP contribution in [0.5, 0.6) is 0 Å². The summed E-state index contributed by atoms with van der Waals surface area (Å²) in [7, 11) is 1.80. The average Bonchev–Trinajstić information content (AvgIpc) is 2.51. The summed E-state index contributed by atoms with van der Waals surface area (Å²) in [6.07, 6.45) is 3.68. The Morgan fingerprint density at radius 1 is 1.17 bits per heavy atom. The Kier molecular flexibility index (Phi) is 5.07. The summed E-state index contributed by atoms with van der Waals surface area (Å²) in [6.45, 7) is 9.84. The zero-order chi connectivity index (χ0) is 18.1. The molecule has 0 bridgehead atoms. The molecule has 0 saturated carbocycles. The number of hydrogen-bond donors (Lipinski definition) is 0. The van der Waals surface area contributed by atoms with Crippen LogP contribution in [0.25, 0.3) is 0 Å². The monoisotopic (exact) mass is 328 g/mol. The van der Waals surface area contributed by atoms with Crippen molar-refractivity contribution in [3.63, 3.8) is 0 Å². The van der Waals surface area contributed by atoms with Crippen molar-refractivity contribution in [3.05, 3.63) is 58.9 Å². The van der Waals surface area contributed by atoms with Gasteiger partial charge in [-0.2, -0.15) is 0 Å². The lowest BCUT2D eigenvalue weighted by Crippen LogP contribution is -2.43. The molecule has 0 unspecified atom stereocenters. The van der Waals surface area contributed by atoms with E-state index in [-0.39, 0.29) is 17.8 Å². The Morgan fingerprint density at radius 3 is 2.33 bits per heavy atom. The minimum absolute atomic E-state index is 0.0335. The molecular formula is C20H25FN2O. The van der Waals surface area contributed by atoms with Crippen molar-refractivity contribution >= 4 is 11.6 Å². The maximum atomic E-state index is 13.3. The molecule has 0 aromatic heterocycles. The van der Waals surface area contributed by atoms with Crippen LogP contribution < -0.4 is 0 Å². The van der Waals surface area contributed by atoms with Gasteiger partial charge in [0, 0.05) is 18.7 Å². The molecule has 1 atom stereocenters. The molecule has 0 spiro atoms. The number of aliphatic imine (C=N–C) groups is 1. The quantitative estimate of drug-likeness (QED) is 0.762. The fraction of sp³-hybridized carbons (Fsp3) is 0.400. The summed E-state index contributed by atoms with van der Waals surface area (Å²) in [6, 6.07) is 6.23. The number of hydrogen-bond acceptors (Lipinski definition) is 2. The first-order valence-corrected chi connectivity index (χ1v) is 8.11. The topological polar surface area (TPSA) is 32.7 Å². The first-order valence-electron chi connectivity index (χ1n) is 8.11. The van der Waals surface area contributed by atoms with E-state index in [0.717, 1.165) is 22.4 Å². The van der Waals surface area contributed by atoms with Gasteiger partial charge in [-0.1, -0.05) is 6.08 Å². The molecule has 24 heavy (non-hydrogen) atoms. The summed E-state index contributed by atoms with van der Waals surface area (Å²) in [5, 5.41) is 0. The molecule has 128 valence electrons. The van der Waals surface area contributed by atoms with E-state index in [9.17, 15) is 9.18 Å². The van der Waals surface area contributed by atoms with Gasteiger partial charge in [0.25, 0.3) is 0 Å². The first kappa shape index (κ1) is 18.1. The van der Waals surface area contributed by atoms with Crippen LogP contribution >= 0.6 is 0 Å². The van der Waals surface area contributed by atoms with Gasteiger partial charge < -0.3 is 4.90 Å². The first-order chi connectivity index (χ1) is 11.1. The van der Waals surface area contributed by atoms with E-state index in [0.29, 0.717) is 0 Å². The maximum absolute atomic E-state index is 13.3. The lowest BCUT2D eigenvalue weighted by Gasteiger charge is -2.34. The SMILES string of the molecule is CC1=CC(C)(C)N(C)C(=O)/C=C(\C)[C@H](C)N=C1c1ccc(F)cc1. The lowest BCUT2D eigenvalue weighted by molar-refractivity contribution is -0.128. The van der Waals surface area contributed by atoms with Crippen LogP contribution in [0.3, 0.4) is 0 Å². The highest BCUT2D eigenvalue weighted by Gasteiger charge is 2.26. The Hall–Kier alpha value is -2.23. The average molecular weight is 328 g/mol. The highest BCUT2D eigenvalue weighted by Crippen LogP contribution is 2.23. The molecular weight excluding hydrogens is 303 g/mol. The van der Waals surface area contributed by atoms with Crippen molar-refractivity contribution in [2.75, 3.05) is 7.05 Å². The summed E-state index contributed by atoms with van der Waals surface area (Å²) >= 11 is 0. The van der Waals surface area contributed by atoms with Gasteiger partial charge in [-0.3, -0.25) is 9.79 Å². The highest BCUT2D eigenvalue weighted by atomic mass is 19.1. The zero-order valence-corrected chi connectivity index (χ0v) is 15.2. The molecule has 1 aliphatic heterocycles. The summed E-state index contributed by atoms with van der Waals surface area (Å²) in [5.41, 5.74) is 3.10. The summed E-state index contributed by atoms with van der Waals surface area (Å²) in [4.78, 5) is 19.0. The van der Waals surface area contributed by atoms with Crippen LogP contribution in [0, 0.1) is 5.82 Å². The van der Waals surface area contributed by atoms with Gasteiger partial charge in [-0.05, 0) is 70.0 Å². The van der Waals surface area contributed by atoms with E-state index in [2.05, 4.69) is 0 Å². The van der Waals surface area contributed by atoms with Gasteiger partial charge in [0.1, 0.15) is 5.82 Å². The van der Waals surface area contributed by atoms with Crippen molar-refractivity contribution in [1.82, 2.24) is 4.90 Å². The van der Waals surface area contributed by atoms with Gasteiger partial charge in [-0.25, -0.2) is 4.39 Å². The predicted octanol–water partition coefficient (Wildman–Crippen LogP) is 4.15. The standard InChI is InChI=1S/C20H25FN2O/c1-13-11-18(24)23(6)20(4,5)12-14(2)19(22-15(13)3)16-7-9-17(21)10-8-16/h7-12,15H,1-6H3/b13-11+,14-12?,22-19?/t15-/m0/s1. The minimum atomic E-state index is -0.459. The molecule has 1 heterocycles. The van der Waals surface area contributed by atoms with E-state index in [1.165, 1.54) is 12.1 Å². The van der Waals surface area contributed by atoms with Crippen LogP contribution in [0.1, 0.15) is 40.2 Å². The molecule has 0 N–H and O–H groups in total. The van der Waals surface area contributed by atoms with Crippen molar-refractivity contribution in [2.24, 2.45) is 4.99 Å². The van der Waals surface area contributed by atoms with E-state index in [4.69, 9.17) is 4.99 Å². The Balaban J connectivity index is 2.65. The largest absolute Gasteiger partial charge is 0.334 e. The Morgan fingerprint density at radius 2 is 1.75 bits per heavy atom. The van der Waals surface area contributed by atoms with Crippen molar-refractivity contribution in [3.8, 4) is 0 Å². The fourth-order valence-corrected chi connectivity index (χ4v) is 2.70. The number of carbonyl (C=O) groups excluding carboxylic acids is 1. The molecule has 0 aliphatic carbocycles. The van der Waals surface area contributed by atoms with Crippen molar-refractivity contribution in [2.45, 2.75) is 46.2 Å². The molecule has 0 saturated heterocycles. The van der Waals surface area contributed by atoms with Crippen LogP contribution in [0.4, 0.5) is 4.39 Å². The molecule has 0 radical (unpaired) electrons. The van der Waals surface area contributed by atoms with Crippen LogP contribution in [0.15, 0.2) is 52.6 Å². The second kappa shape index (κ2) is 6.71. The summed E-state index contributed by atoms with van der Waals surface area (Å²) in [5.74, 6) is -0.301. The second-order valence-electron chi connectivity index (χ2n) is 6.93. The number of halogens is 1.